The number of hydrogen-bond acceptors (Lipinski definition) is 11. The van der Waals surface area contributed by atoms with Crippen LogP contribution in [0.2, 0.25) is 0 Å². The number of nitrogens with one attached hydrogen (secondary N) is 4. The van der Waals surface area contributed by atoms with E-state index in [4.69, 9.17) is 16.2 Å². The molecule has 6 rings (SSSR count). The molecule has 0 radical (unpaired) electrons. The average Bonchev–Trinajstić information content (AvgIpc) is 3.41. The lowest BCUT2D eigenvalue weighted by Crippen LogP contribution is -2.79. The smallest absolute Gasteiger partial charge is 0.346 e. The van der Waals surface area contributed by atoms with Crippen LogP contribution in [0, 0.1) is 0 Å². The molecular weight excluding hydrogens is 506 g/mol. The van der Waals surface area contributed by atoms with Crippen molar-refractivity contribution in [1.82, 2.24) is 26.3 Å². The lowest BCUT2D eigenvalue weighted by Gasteiger charge is -2.43. The van der Waals surface area contributed by atoms with Crippen LogP contribution in [0.1, 0.15) is 32.8 Å². The molecule has 1 aromatic carbocycles. The van der Waals surface area contributed by atoms with Crippen molar-refractivity contribution >= 4 is 23.7 Å². The molecule has 4 atom stereocenters. The van der Waals surface area contributed by atoms with Gasteiger partial charge in [0.1, 0.15) is 29.6 Å². The van der Waals surface area contributed by atoms with Gasteiger partial charge in [-0.3, -0.25) is 25.6 Å². The second kappa shape index (κ2) is 9.10. The lowest BCUT2D eigenvalue weighted by atomic mass is 9.85. The van der Waals surface area contributed by atoms with Gasteiger partial charge in [-0.1, -0.05) is 18.2 Å². The highest BCUT2D eigenvalue weighted by Crippen LogP contribution is 2.41. The number of nitrogens with two attached hydrogens (primary N) is 2. The fraction of sp³-hybridized carbons (Fsp3) is 0.400. The van der Waals surface area contributed by atoms with Gasteiger partial charge < -0.3 is 36.6 Å². The van der Waals surface area contributed by atoms with Gasteiger partial charge in [0.15, 0.2) is 5.96 Å². The molecule has 0 bridgehead atoms. The Kier molecular flexibility index (Phi) is 5.80. The number of aliphatic hydroxyl groups is 2. The molecule has 14 nitrogen and oxygen atoms in total. The first-order valence-electron chi connectivity index (χ1n) is 12.7. The fourth-order valence-corrected chi connectivity index (χ4v) is 5.92. The second-order valence-electron chi connectivity index (χ2n) is 10.0. The summed E-state index contributed by atoms with van der Waals surface area (Å²) in [5.41, 5.74) is 12.2. The van der Waals surface area contributed by atoms with Gasteiger partial charge in [-0.25, -0.2) is 9.57 Å². The molecule has 4 aliphatic rings. The van der Waals surface area contributed by atoms with Gasteiger partial charge in [0, 0.05) is 6.20 Å². The number of fused-ring (bicyclic) bond motifs is 1. The van der Waals surface area contributed by atoms with Crippen molar-refractivity contribution in [2.24, 2.45) is 16.5 Å². The quantitative estimate of drug-likeness (QED) is 0.142. The third kappa shape index (κ3) is 3.82. The van der Waals surface area contributed by atoms with Crippen molar-refractivity contribution in [3.8, 4) is 5.75 Å². The summed E-state index contributed by atoms with van der Waals surface area (Å²) in [5, 5.41) is 34.8. The molecule has 1 unspecified atom stereocenters. The number of rotatable bonds is 5. The summed E-state index contributed by atoms with van der Waals surface area (Å²) < 4.78 is 7.26. The highest BCUT2D eigenvalue weighted by molar-refractivity contribution is 5.98. The maximum absolute atomic E-state index is 13.4. The van der Waals surface area contributed by atoms with Gasteiger partial charge in [-0.05, 0) is 36.6 Å². The Hall–Kier alpha value is -4.43. The summed E-state index contributed by atoms with van der Waals surface area (Å²) in [6, 6.07) is 7.51. The van der Waals surface area contributed by atoms with E-state index in [1.54, 1.807) is 30.3 Å². The third-order valence-electron chi connectivity index (χ3n) is 7.73. The maximum Gasteiger partial charge on any atom is 0.346 e. The third-order valence-corrected chi connectivity index (χ3v) is 7.73. The average molecular weight is 537 g/mol. The molecule has 4 aliphatic heterocycles. The molecule has 0 aliphatic carbocycles. The van der Waals surface area contributed by atoms with E-state index >= 15 is 0 Å². The molecule has 10 N–H and O–H groups in total. The van der Waals surface area contributed by atoms with Crippen molar-refractivity contribution in [3.05, 3.63) is 59.4 Å². The maximum atomic E-state index is 13.4. The van der Waals surface area contributed by atoms with Gasteiger partial charge >= 0.3 is 5.96 Å². The summed E-state index contributed by atoms with van der Waals surface area (Å²) >= 11 is 0. The summed E-state index contributed by atoms with van der Waals surface area (Å²) in [4.78, 5) is 34.4. The number of amides is 2. The lowest BCUT2D eigenvalue weighted by molar-refractivity contribution is -0.623. The Morgan fingerprint density at radius 3 is 2.82 bits per heavy atom. The van der Waals surface area contributed by atoms with Crippen molar-refractivity contribution < 1.29 is 29.1 Å². The molecule has 0 saturated carbocycles. The Morgan fingerprint density at radius 1 is 1.18 bits per heavy atom. The van der Waals surface area contributed by atoms with E-state index in [9.17, 15) is 19.8 Å². The van der Waals surface area contributed by atoms with Crippen LogP contribution in [0.25, 0.3) is 0 Å². The fourth-order valence-electron chi connectivity index (χ4n) is 5.92. The van der Waals surface area contributed by atoms with Crippen LogP contribution in [-0.4, -0.2) is 92.8 Å². The zero-order chi connectivity index (χ0) is 27.4. The summed E-state index contributed by atoms with van der Waals surface area (Å²) in [7, 11) is 0. The van der Waals surface area contributed by atoms with Crippen LogP contribution >= 0.6 is 0 Å². The van der Waals surface area contributed by atoms with Crippen molar-refractivity contribution in [3.63, 3.8) is 0 Å². The van der Waals surface area contributed by atoms with E-state index in [1.807, 2.05) is 6.07 Å². The minimum atomic E-state index is -2.58. The Balaban J connectivity index is 1.27. The monoisotopic (exact) mass is 536 g/mol. The largest absolute Gasteiger partial charge is 0.492 e. The number of benzene rings is 1. The van der Waals surface area contributed by atoms with Gasteiger partial charge in [0.05, 0.1) is 25.3 Å². The molecule has 2 aromatic rings. The van der Waals surface area contributed by atoms with Crippen LogP contribution in [0.5, 0.6) is 5.75 Å². The van der Waals surface area contributed by atoms with Crippen molar-refractivity contribution in [2.75, 3.05) is 19.7 Å². The second-order valence-corrected chi connectivity index (χ2v) is 10.0. The number of para-hydroxylation sites is 1. The number of aliphatic imine (C=N–C) groups is 1. The first-order valence-corrected chi connectivity index (χ1v) is 12.7. The van der Waals surface area contributed by atoms with Gasteiger partial charge in [-0.2, -0.15) is 0 Å². The number of pyridine rings is 1. The van der Waals surface area contributed by atoms with Gasteiger partial charge in [0.25, 0.3) is 11.8 Å². The minimum absolute atomic E-state index is 0.0232. The molecule has 5 heterocycles. The zero-order valence-corrected chi connectivity index (χ0v) is 20.9. The summed E-state index contributed by atoms with van der Waals surface area (Å²) in [6.45, 7) is 0.460. The molecule has 1 fully saturated rings. The molecule has 204 valence electrons. The number of aryl methyl sites for hydroxylation is 1. The number of nitrogens with zero attached hydrogens (tertiary/aromatic N) is 3. The summed E-state index contributed by atoms with van der Waals surface area (Å²) in [5.74, 6) is -2.95. The number of ether oxygens (including phenoxy) is 1. The molecule has 1 spiro atoms. The van der Waals surface area contributed by atoms with E-state index in [1.165, 1.54) is 10.8 Å². The van der Waals surface area contributed by atoms with Crippen LogP contribution in [0.3, 0.4) is 0 Å². The van der Waals surface area contributed by atoms with Crippen LogP contribution in [0.4, 0.5) is 0 Å². The predicted molar refractivity (Wildman–Crippen MR) is 138 cm³/mol. The number of hydrogen-bond donors (Lipinski definition) is 8. The highest BCUT2D eigenvalue weighted by atomic mass is 16.5. The van der Waals surface area contributed by atoms with E-state index < -0.39 is 41.4 Å². The molecule has 2 amide bonds. The number of carbonyl (C=O) groups excluding carboxylic acids is 2. The standard InChI is InChI=1S/C25H29N9O5/c26-22-32-19-16(11-29-21(36)15-8-1-2-9-28-15)30-23(27)34-12-17(25(37,38)24(19,34)33-22)31-20(35)14-7-3-5-13-6-4-10-39-18(13)14/h1-3,5,7-9,16-17,19,37-38H,4,6,10-12H2,(H7,26,27,29,30,31,32,33,35,36)/p+1/t16-,17?,19-,24-/m0/s1. The Bertz CT molecular complexity index is 1400. The van der Waals surface area contributed by atoms with Gasteiger partial charge in [-0.15, -0.1) is 0 Å². The van der Waals surface area contributed by atoms with Crippen LogP contribution in [-0.2, 0) is 6.42 Å². The molecule has 1 saturated heterocycles. The normalized spacial score (nSPS) is 28.1. The first-order chi connectivity index (χ1) is 18.7. The van der Waals surface area contributed by atoms with Crippen molar-refractivity contribution in [2.45, 2.75) is 42.4 Å². The van der Waals surface area contributed by atoms with E-state index in [0.717, 1.165) is 18.4 Å². The highest BCUT2D eigenvalue weighted by Gasteiger charge is 2.75. The Morgan fingerprint density at radius 2 is 2.03 bits per heavy atom. The minimum Gasteiger partial charge on any atom is -0.492 e. The molecular formula is C25H30N9O5+. The van der Waals surface area contributed by atoms with Crippen LogP contribution < -0.4 is 37.5 Å². The SMILES string of the molecule is NC1=N[C@H]2[C@H](CNC(=O)c3ccccn3)NC(N)=[N+]3CC(NC(=O)c4cccc5c4OCCC5)C(O)(O)[C@]23N1. The topological polar surface area (TPSA) is 212 Å². The number of guanidine groups is 2. The van der Waals surface area contributed by atoms with E-state index in [0.29, 0.717) is 17.9 Å². The number of aromatic nitrogens is 1. The van der Waals surface area contributed by atoms with Crippen LogP contribution in [0.15, 0.2) is 47.6 Å². The van der Waals surface area contributed by atoms with E-state index in [2.05, 4.69) is 31.2 Å². The van der Waals surface area contributed by atoms with E-state index in [-0.39, 0.29) is 30.7 Å². The van der Waals surface area contributed by atoms with Crippen molar-refractivity contribution in [1.29, 1.82) is 0 Å². The first kappa shape index (κ1) is 24.9. The molecule has 1 aromatic heterocycles. The number of carbonyl (C=O) groups is 2. The van der Waals surface area contributed by atoms with Gasteiger partial charge in [0.2, 0.25) is 11.4 Å². The Labute approximate surface area is 223 Å². The summed E-state index contributed by atoms with van der Waals surface area (Å²) in [6.07, 6.45) is 3.15. The molecule has 39 heavy (non-hydrogen) atoms. The predicted octanol–water partition coefficient (Wildman–Crippen LogP) is -3.09. The zero-order valence-electron chi connectivity index (χ0n) is 20.9. The molecule has 14 heteroatoms.